The van der Waals surface area contributed by atoms with E-state index >= 15 is 0 Å². The molecule has 1 aliphatic heterocycles. The van der Waals surface area contributed by atoms with Gasteiger partial charge in [0.25, 0.3) is 0 Å². The van der Waals surface area contributed by atoms with Crippen molar-refractivity contribution in [2.75, 3.05) is 25.0 Å². The zero-order chi connectivity index (χ0) is 23.1. The van der Waals surface area contributed by atoms with E-state index in [1.165, 1.54) is 11.1 Å². The Hall–Kier alpha value is -1.86. The molecule has 0 aromatic heterocycles. The first kappa shape index (κ1) is 24.8. The number of benzene rings is 2. The van der Waals surface area contributed by atoms with Gasteiger partial charge in [-0.25, -0.2) is 0 Å². The number of likely N-dealkylation sites (tertiary alicyclic amines) is 1. The average Bonchev–Trinajstić information content (AvgIpc) is 2.77. The van der Waals surface area contributed by atoms with Crippen molar-refractivity contribution in [2.45, 2.75) is 39.3 Å². The number of halogens is 2. The standard InChI is InChI=1S/C24H30Cl2N4OS/c1-16-3-6-20(7-4-16)29-24(32)28-17(2)23(31)27-14-18-9-11-30(12-10-18)15-19-5-8-21(25)22(26)13-19/h3-8,13,17-18H,9-12,14-15H2,1-2H3,(H,27,31)(H2,28,29,32)/t17-/m0/s1. The third kappa shape index (κ3) is 7.62. The van der Waals surface area contributed by atoms with Crippen molar-refractivity contribution in [2.24, 2.45) is 5.92 Å². The van der Waals surface area contributed by atoms with Crippen LogP contribution in [0.5, 0.6) is 0 Å². The Labute approximate surface area is 205 Å². The SMILES string of the molecule is Cc1ccc(NC(=S)N[C@@H](C)C(=O)NCC2CCN(Cc3ccc(Cl)c(Cl)c3)CC2)cc1. The van der Waals surface area contributed by atoms with Crippen molar-refractivity contribution in [3.8, 4) is 0 Å². The van der Waals surface area contributed by atoms with Gasteiger partial charge in [-0.3, -0.25) is 9.69 Å². The molecular weight excluding hydrogens is 463 g/mol. The minimum absolute atomic E-state index is 0.0451. The number of nitrogens with zero attached hydrogens (tertiary/aromatic N) is 1. The fourth-order valence-corrected chi connectivity index (χ4v) is 4.32. The van der Waals surface area contributed by atoms with Gasteiger partial charge < -0.3 is 16.0 Å². The summed E-state index contributed by atoms with van der Waals surface area (Å²) in [6.07, 6.45) is 2.10. The van der Waals surface area contributed by atoms with Crippen LogP contribution in [0.1, 0.15) is 30.9 Å². The molecule has 3 rings (SSSR count). The van der Waals surface area contributed by atoms with Crippen molar-refractivity contribution in [3.05, 3.63) is 63.6 Å². The third-order valence-electron chi connectivity index (χ3n) is 5.71. The smallest absolute Gasteiger partial charge is 0.242 e. The number of aryl methyl sites for hydroxylation is 1. The lowest BCUT2D eigenvalue weighted by atomic mass is 9.96. The Morgan fingerprint density at radius 3 is 2.47 bits per heavy atom. The number of carbonyl (C=O) groups excluding carboxylic acids is 1. The lowest BCUT2D eigenvalue weighted by Crippen LogP contribution is -2.48. The van der Waals surface area contributed by atoms with E-state index in [4.69, 9.17) is 35.4 Å². The molecule has 8 heteroatoms. The molecule has 1 heterocycles. The number of thiocarbonyl (C=S) groups is 1. The van der Waals surface area contributed by atoms with E-state index < -0.39 is 6.04 Å². The van der Waals surface area contributed by atoms with Crippen LogP contribution in [0.25, 0.3) is 0 Å². The highest BCUT2D eigenvalue weighted by Gasteiger charge is 2.21. The summed E-state index contributed by atoms with van der Waals surface area (Å²) in [7, 11) is 0. The predicted molar refractivity (Wildman–Crippen MR) is 137 cm³/mol. The molecule has 2 aromatic rings. The second-order valence-corrected chi connectivity index (χ2v) is 9.62. The van der Waals surface area contributed by atoms with Crippen LogP contribution >= 0.6 is 35.4 Å². The van der Waals surface area contributed by atoms with E-state index in [1.54, 1.807) is 0 Å². The fraction of sp³-hybridized carbons (Fsp3) is 0.417. The average molecular weight is 494 g/mol. The highest BCUT2D eigenvalue weighted by atomic mass is 35.5. The van der Waals surface area contributed by atoms with Crippen molar-refractivity contribution in [1.82, 2.24) is 15.5 Å². The number of piperidine rings is 1. The van der Waals surface area contributed by atoms with Gasteiger partial charge in [-0.2, -0.15) is 0 Å². The molecule has 0 saturated carbocycles. The summed E-state index contributed by atoms with van der Waals surface area (Å²) in [5.41, 5.74) is 3.25. The summed E-state index contributed by atoms with van der Waals surface area (Å²) >= 11 is 17.5. The number of carbonyl (C=O) groups is 1. The molecule has 0 spiro atoms. The van der Waals surface area contributed by atoms with Gasteiger partial charge in [0.05, 0.1) is 10.0 Å². The zero-order valence-corrected chi connectivity index (χ0v) is 20.8. The molecule has 172 valence electrons. The summed E-state index contributed by atoms with van der Waals surface area (Å²) < 4.78 is 0. The Balaban J connectivity index is 1.35. The van der Waals surface area contributed by atoms with E-state index in [2.05, 4.69) is 20.9 Å². The Morgan fingerprint density at radius 1 is 1.12 bits per heavy atom. The maximum atomic E-state index is 12.5. The molecule has 32 heavy (non-hydrogen) atoms. The lowest BCUT2D eigenvalue weighted by molar-refractivity contribution is -0.122. The second-order valence-electron chi connectivity index (χ2n) is 8.40. The molecule has 1 atom stereocenters. The number of amides is 1. The number of hydrogen-bond acceptors (Lipinski definition) is 3. The number of rotatable bonds is 7. The summed E-state index contributed by atoms with van der Waals surface area (Å²) in [5, 5.41) is 10.8. The van der Waals surface area contributed by atoms with Crippen LogP contribution in [0.2, 0.25) is 10.0 Å². The topological polar surface area (TPSA) is 56.4 Å². The second kappa shape index (κ2) is 11.8. The molecule has 0 aliphatic carbocycles. The summed E-state index contributed by atoms with van der Waals surface area (Å²) in [6.45, 7) is 7.40. The molecule has 0 bridgehead atoms. The van der Waals surface area contributed by atoms with Crippen molar-refractivity contribution >= 4 is 52.1 Å². The minimum atomic E-state index is -0.407. The zero-order valence-electron chi connectivity index (χ0n) is 18.5. The minimum Gasteiger partial charge on any atom is -0.354 e. The molecular formula is C24H30Cl2N4OS. The molecule has 1 fully saturated rings. The highest BCUT2D eigenvalue weighted by Crippen LogP contribution is 2.24. The normalized spacial score (nSPS) is 15.8. The summed E-state index contributed by atoms with van der Waals surface area (Å²) in [6, 6.07) is 13.3. The maximum Gasteiger partial charge on any atom is 0.242 e. The molecule has 0 radical (unpaired) electrons. The van der Waals surface area contributed by atoms with Crippen LogP contribution in [0.15, 0.2) is 42.5 Å². The van der Waals surface area contributed by atoms with Gasteiger partial charge >= 0.3 is 0 Å². The van der Waals surface area contributed by atoms with Crippen LogP contribution in [0.4, 0.5) is 5.69 Å². The van der Waals surface area contributed by atoms with Gasteiger partial charge in [-0.05, 0) is 87.7 Å². The van der Waals surface area contributed by atoms with Crippen LogP contribution in [-0.4, -0.2) is 41.6 Å². The molecule has 1 aliphatic rings. The summed E-state index contributed by atoms with van der Waals surface area (Å²) in [5.74, 6) is 0.435. The number of nitrogens with one attached hydrogen (secondary N) is 3. The molecule has 1 saturated heterocycles. The number of hydrogen-bond donors (Lipinski definition) is 3. The molecule has 5 nitrogen and oxygen atoms in total. The van der Waals surface area contributed by atoms with Gasteiger partial charge in [-0.15, -0.1) is 0 Å². The fourth-order valence-electron chi connectivity index (χ4n) is 3.71. The Morgan fingerprint density at radius 2 is 1.81 bits per heavy atom. The van der Waals surface area contributed by atoms with Gasteiger partial charge in [0, 0.05) is 18.8 Å². The quantitative estimate of drug-likeness (QED) is 0.474. The third-order valence-corrected chi connectivity index (χ3v) is 6.67. The Bertz CT molecular complexity index is 930. The van der Waals surface area contributed by atoms with Crippen molar-refractivity contribution in [1.29, 1.82) is 0 Å². The summed E-state index contributed by atoms with van der Waals surface area (Å²) in [4.78, 5) is 14.9. The van der Waals surface area contributed by atoms with Crippen LogP contribution in [0, 0.1) is 12.8 Å². The van der Waals surface area contributed by atoms with Crippen LogP contribution in [0.3, 0.4) is 0 Å². The van der Waals surface area contributed by atoms with E-state index in [-0.39, 0.29) is 5.91 Å². The van der Waals surface area contributed by atoms with Crippen molar-refractivity contribution in [3.63, 3.8) is 0 Å². The first-order chi connectivity index (χ1) is 15.3. The number of anilines is 1. The van der Waals surface area contributed by atoms with Crippen LogP contribution < -0.4 is 16.0 Å². The molecule has 3 N–H and O–H groups in total. The predicted octanol–water partition coefficient (Wildman–Crippen LogP) is 5.01. The lowest BCUT2D eigenvalue weighted by Gasteiger charge is -2.32. The first-order valence-electron chi connectivity index (χ1n) is 10.9. The molecule has 1 amide bonds. The van der Waals surface area contributed by atoms with Gasteiger partial charge in [-0.1, -0.05) is 47.0 Å². The highest BCUT2D eigenvalue weighted by molar-refractivity contribution is 7.80. The van der Waals surface area contributed by atoms with Crippen LogP contribution in [-0.2, 0) is 11.3 Å². The van der Waals surface area contributed by atoms with E-state index in [9.17, 15) is 4.79 Å². The monoisotopic (exact) mass is 492 g/mol. The first-order valence-corrected chi connectivity index (χ1v) is 12.0. The Kier molecular flexibility index (Phi) is 9.17. The van der Waals surface area contributed by atoms with Gasteiger partial charge in [0.2, 0.25) is 5.91 Å². The largest absolute Gasteiger partial charge is 0.354 e. The van der Waals surface area contributed by atoms with Crippen molar-refractivity contribution < 1.29 is 4.79 Å². The molecule has 2 aromatic carbocycles. The maximum absolute atomic E-state index is 12.5. The van der Waals surface area contributed by atoms with E-state index in [1.807, 2.05) is 56.3 Å². The van der Waals surface area contributed by atoms with Gasteiger partial charge in [0.1, 0.15) is 6.04 Å². The van der Waals surface area contributed by atoms with E-state index in [0.717, 1.165) is 38.2 Å². The van der Waals surface area contributed by atoms with E-state index in [0.29, 0.717) is 27.6 Å². The van der Waals surface area contributed by atoms with Gasteiger partial charge in [0.15, 0.2) is 5.11 Å². The molecule has 0 unspecified atom stereocenters.